The van der Waals surface area contributed by atoms with Crippen LogP contribution in [-0.2, 0) is 4.74 Å². The molecule has 1 heterocycles. The van der Waals surface area contributed by atoms with Gasteiger partial charge in [-0.2, -0.15) is 0 Å². The van der Waals surface area contributed by atoms with E-state index in [0.717, 1.165) is 51.9 Å². The maximum absolute atomic E-state index is 5.37. The topological polar surface area (TPSA) is 48.9 Å². The number of morpholine rings is 1. The third-order valence-electron chi connectivity index (χ3n) is 3.79. The van der Waals surface area contributed by atoms with Gasteiger partial charge in [-0.25, -0.2) is 0 Å². The summed E-state index contributed by atoms with van der Waals surface area (Å²) in [5.74, 6) is 0.882. The molecule has 1 fully saturated rings. The summed E-state index contributed by atoms with van der Waals surface area (Å²) in [7, 11) is 0. The molecule has 23 heavy (non-hydrogen) atoms. The van der Waals surface area contributed by atoms with Gasteiger partial charge in [0.2, 0.25) is 0 Å². The number of benzene rings is 1. The third kappa shape index (κ3) is 7.50. The van der Waals surface area contributed by atoms with Crippen molar-refractivity contribution in [1.82, 2.24) is 15.5 Å². The lowest BCUT2D eigenvalue weighted by Gasteiger charge is -2.26. The highest BCUT2D eigenvalue weighted by atomic mass is 127. The van der Waals surface area contributed by atoms with E-state index in [1.54, 1.807) is 0 Å². The molecule has 1 aliphatic rings. The van der Waals surface area contributed by atoms with Crippen LogP contribution in [-0.4, -0.2) is 56.8 Å². The first-order valence-corrected chi connectivity index (χ1v) is 8.19. The minimum Gasteiger partial charge on any atom is -0.379 e. The highest BCUT2D eigenvalue weighted by Gasteiger charge is 2.10. The van der Waals surface area contributed by atoms with E-state index in [1.807, 2.05) is 6.07 Å². The first kappa shape index (κ1) is 20.2. The molecule has 2 N–H and O–H groups in total. The van der Waals surface area contributed by atoms with Crippen molar-refractivity contribution < 1.29 is 4.74 Å². The molecule has 0 bridgehead atoms. The van der Waals surface area contributed by atoms with E-state index in [-0.39, 0.29) is 30.0 Å². The Bertz CT molecular complexity index is 449. The summed E-state index contributed by atoms with van der Waals surface area (Å²) in [6, 6.07) is 10.7. The maximum Gasteiger partial charge on any atom is 0.191 e. The summed E-state index contributed by atoms with van der Waals surface area (Å²) in [4.78, 5) is 7.08. The van der Waals surface area contributed by atoms with Gasteiger partial charge in [0, 0.05) is 26.2 Å². The van der Waals surface area contributed by atoms with Gasteiger partial charge in [-0.05, 0) is 19.4 Å². The quantitative estimate of drug-likeness (QED) is 0.412. The van der Waals surface area contributed by atoms with Gasteiger partial charge in [0.05, 0.1) is 25.8 Å². The normalized spacial score (nSPS) is 17.2. The van der Waals surface area contributed by atoms with Gasteiger partial charge in [0.25, 0.3) is 0 Å². The molecule has 1 aromatic carbocycles. The van der Waals surface area contributed by atoms with Crippen molar-refractivity contribution in [3.8, 4) is 0 Å². The van der Waals surface area contributed by atoms with Crippen LogP contribution >= 0.6 is 24.0 Å². The average molecular weight is 432 g/mol. The molecule has 130 valence electrons. The lowest BCUT2D eigenvalue weighted by atomic mass is 10.1. The SMILES string of the molecule is CCNC(=NCCN1CCOCC1)NC(C)c1ccccc1.I. The van der Waals surface area contributed by atoms with Gasteiger partial charge in [0.1, 0.15) is 0 Å². The molecule has 1 atom stereocenters. The molecule has 1 saturated heterocycles. The summed E-state index contributed by atoms with van der Waals surface area (Å²) < 4.78 is 5.37. The number of guanidine groups is 1. The van der Waals surface area contributed by atoms with Gasteiger partial charge in [0.15, 0.2) is 5.96 Å². The van der Waals surface area contributed by atoms with Crippen LogP contribution in [0.25, 0.3) is 0 Å². The molecule has 0 saturated carbocycles. The molecule has 1 aliphatic heterocycles. The van der Waals surface area contributed by atoms with E-state index in [4.69, 9.17) is 4.74 Å². The second-order valence-corrected chi connectivity index (χ2v) is 5.49. The van der Waals surface area contributed by atoms with Gasteiger partial charge in [-0.15, -0.1) is 24.0 Å². The Balaban J connectivity index is 0.00000264. The highest BCUT2D eigenvalue weighted by Crippen LogP contribution is 2.10. The van der Waals surface area contributed by atoms with E-state index in [9.17, 15) is 0 Å². The number of aliphatic imine (C=N–C) groups is 1. The number of hydrogen-bond donors (Lipinski definition) is 2. The molecule has 0 spiro atoms. The minimum atomic E-state index is 0. The van der Waals surface area contributed by atoms with Gasteiger partial charge in [-0.3, -0.25) is 9.89 Å². The lowest BCUT2D eigenvalue weighted by molar-refractivity contribution is 0.0394. The molecule has 5 nitrogen and oxygen atoms in total. The first-order chi connectivity index (χ1) is 10.8. The van der Waals surface area contributed by atoms with Crippen molar-refractivity contribution in [2.75, 3.05) is 45.9 Å². The zero-order valence-electron chi connectivity index (χ0n) is 14.1. The summed E-state index contributed by atoms with van der Waals surface area (Å²) in [5.41, 5.74) is 1.27. The van der Waals surface area contributed by atoms with E-state index >= 15 is 0 Å². The van der Waals surface area contributed by atoms with E-state index in [2.05, 4.69) is 58.6 Å². The molecular formula is C17H29IN4O. The Hall–Kier alpha value is -0.860. The van der Waals surface area contributed by atoms with Crippen molar-refractivity contribution in [2.24, 2.45) is 4.99 Å². The summed E-state index contributed by atoms with van der Waals surface area (Å²) in [6.07, 6.45) is 0. The zero-order valence-corrected chi connectivity index (χ0v) is 16.5. The van der Waals surface area contributed by atoms with Crippen LogP contribution in [0.1, 0.15) is 25.5 Å². The first-order valence-electron chi connectivity index (χ1n) is 8.19. The monoisotopic (exact) mass is 432 g/mol. The number of ether oxygens (including phenoxy) is 1. The van der Waals surface area contributed by atoms with Gasteiger partial charge < -0.3 is 15.4 Å². The Morgan fingerprint density at radius 1 is 1.26 bits per heavy atom. The third-order valence-corrected chi connectivity index (χ3v) is 3.79. The van der Waals surface area contributed by atoms with Crippen molar-refractivity contribution in [3.63, 3.8) is 0 Å². The van der Waals surface area contributed by atoms with Crippen molar-refractivity contribution in [2.45, 2.75) is 19.9 Å². The predicted octanol–water partition coefficient (Wildman–Crippen LogP) is 2.25. The van der Waals surface area contributed by atoms with Gasteiger partial charge >= 0.3 is 0 Å². The molecule has 1 aromatic rings. The van der Waals surface area contributed by atoms with Gasteiger partial charge in [-0.1, -0.05) is 30.3 Å². The Morgan fingerprint density at radius 3 is 2.61 bits per heavy atom. The molecule has 0 radical (unpaired) electrons. The smallest absolute Gasteiger partial charge is 0.191 e. The predicted molar refractivity (Wildman–Crippen MR) is 107 cm³/mol. The molecule has 0 aromatic heterocycles. The molecule has 0 aliphatic carbocycles. The van der Waals surface area contributed by atoms with E-state index < -0.39 is 0 Å². The second kappa shape index (κ2) is 11.6. The largest absolute Gasteiger partial charge is 0.379 e. The minimum absolute atomic E-state index is 0. The van der Waals surface area contributed by atoms with Crippen molar-refractivity contribution in [1.29, 1.82) is 0 Å². The number of nitrogens with one attached hydrogen (secondary N) is 2. The van der Waals surface area contributed by atoms with Crippen LogP contribution in [0, 0.1) is 0 Å². The van der Waals surface area contributed by atoms with E-state index in [1.165, 1.54) is 5.56 Å². The highest BCUT2D eigenvalue weighted by molar-refractivity contribution is 14.0. The fraction of sp³-hybridized carbons (Fsp3) is 0.588. The standard InChI is InChI=1S/C17H28N4O.HI/c1-3-18-17(19-9-10-21-11-13-22-14-12-21)20-15(2)16-7-5-4-6-8-16;/h4-8,15H,3,9-14H2,1-2H3,(H2,18,19,20);1H. The molecule has 0 amide bonds. The van der Waals surface area contributed by atoms with E-state index in [0.29, 0.717) is 0 Å². The number of rotatable bonds is 6. The van der Waals surface area contributed by atoms with Crippen LogP contribution in [0.3, 0.4) is 0 Å². The zero-order chi connectivity index (χ0) is 15.6. The lowest BCUT2D eigenvalue weighted by Crippen LogP contribution is -2.40. The Kier molecular flexibility index (Phi) is 10.2. The Labute approximate surface area is 156 Å². The summed E-state index contributed by atoms with van der Waals surface area (Å²) >= 11 is 0. The van der Waals surface area contributed by atoms with Crippen LogP contribution in [0.5, 0.6) is 0 Å². The van der Waals surface area contributed by atoms with Crippen molar-refractivity contribution in [3.05, 3.63) is 35.9 Å². The molecule has 1 unspecified atom stereocenters. The fourth-order valence-corrected chi connectivity index (χ4v) is 2.48. The van der Waals surface area contributed by atoms with Crippen LogP contribution < -0.4 is 10.6 Å². The van der Waals surface area contributed by atoms with Crippen LogP contribution in [0.4, 0.5) is 0 Å². The second-order valence-electron chi connectivity index (χ2n) is 5.49. The Morgan fingerprint density at radius 2 is 1.96 bits per heavy atom. The average Bonchev–Trinajstić information content (AvgIpc) is 2.57. The molecule has 2 rings (SSSR count). The molecule has 6 heteroatoms. The molecular weight excluding hydrogens is 403 g/mol. The fourth-order valence-electron chi connectivity index (χ4n) is 2.48. The number of halogens is 1. The number of nitrogens with zero attached hydrogens (tertiary/aromatic N) is 2. The van der Waals surface area contributed by atoms with Crippen LogP contribution in [0.2, 0.25) is 0 Å². The maximum atomic E-state index is 5.37. The van der Waals surface area contributed by atoms with Crippen molar-refractivity contribution >= 4 is 29.9 Å². The summed E-state index contributed by atoms with van der Waals surface area (Å²) in [6.45, 7) is 10.6. The van der Waals surface area contributed by atoms with Crippen LogP contribution in [0.15, 0.2) is 35.3 Å². The number of hydrogen-bond acceptors (Lipinski definition) is 3. The summed E-state index contributed by atoms with van der Waals surface area (Å²) in [5, 5.41) is 6.78.